The molecular formula is C12H11NO3. The van der Waals surface area contributed by atoms with E-state index in [0.29, 0.717) is 11.1 Å². The molecule has 4 nitrogen and oxygen atoms in total. The molecule has 1 aromatic rings. The minimum absolute atomic E-state index is 0.0395. The average molecular weight is 217 g/mol. The smallest absolute Gasteiger partial charge is 0.199 e. The van der Waals surface area contributed by atoms with E-state index >= 15 is 0 Å². The van der Waals surface area contributed by atoms with Crippen LogP contribution in [0.4, 0.5) is 0 Å². The second-order valence-electron chi connectivity index (χ2n) is 3.40. The molecule has 1 aliphatic carbocycles. The van der Waals surface area contributed by atoms with Crippen LogP contribution in [-0.2, 0) is 0 Å². The third-order valence-electron chi connectivity index (χ3n) is 2.38. The van der Waals surface area contributed by atoms with Crippen molar-refractivity contribution in [2.75, 3.05) is 13.2 Å². The van der Waals surface area contributed by atoms with Gasteiger partial charge in [-0.2, -0.15) is 0 Å². The van der Waals surface area contributed by atoms with Crippen LogP contribution in [-0.4, -0.2) is 35.4 Å². The Morgan fingerprint density at radius 2 is 1.94 bits per heavy atom. The Kier molecular flexibility index (Phi) is 2.83. The van der Waals surface area contributed by atoms with Crippen LogP contribution >= 0.6 is 0 Å². The van der Waals surface area contributed by atoms with Crippen molar-refractivity contribution < 1.29 is 15.0 Å². The summed E-state index contributed by atoms with van der Waals surface area (Å²) < 4.78 is 0. The number of rotatable bonds is 3. The fourth-order valence-electron chi connectivity index (χ4n) is 1.62. The molecule has 0 heterocycles. The van der Waals surface area contributed by atoms with Crippen LogP contribution < -0.4 is 0 Å². The molecule has 82 valence electrons. The van der Waals surface area contributed by atoms with Gasteiger partial charge in [0.25, 0.3) is 0 Å². The minimum Gasteiger partial charge on any atom is -0.506 e. The number of aliphatic hydroxyl groups is 2. The van der Waals surface area contributed by atoms with Crippen LogP contribution in [0.25, 0.3) is 5.76 Å². The maximum Gasteiger partial charge on any atom is 0.199 e. The van der Waals surface area contributed by atoms with Gasteiger partial charge < -0.3 is 10.2 Å². The zero-order valence-electron chi connectivity index (χ0n) is 8.55. The first-order valence-corrected chi connectivity index (χ1v) is 4.93. The highest BCUT2D eigenvalue weighted by Gasteiger charge is 2.27. The fraction of sp³-hybridized carbons (Fsp3) is 0.167. The predicted molar refractivity (Wildman–Crippen MR) is 60.8 cm³/mol. The van der Waals surface area contributed by atoms with Gasteiger partial charge in [-0.3, -0.25) is 9.79 Å². The number of aliphatic hydroxyl groups excluding tert-OH is 2. The van der Waals surface area contributed by atoms with Crippen LogP contribution in [0.3, 0.4) is 0 Å². The van der Waals surface area contributed by atoms with Crippen molar-refractivity contribution in [3.05, 3.63) is 41.0 Å². The normalized spacial score (nSPS) is 14.9. The molecule has 0 amide bonds. The van der Waals surface area contributed by atoms with Crippen LogP contribution in [0.1, 0.15) is 15.9 Å². The van der Waals surface area contributed by atoms with Crippen LogP contribution in [0.2, 0.25) is 0 Å². The fourth-order valence-corrected chi connectivity index (χ4v) is 1.62. The number of Topliss-reactive ketones (excluding diaryl/α,β-unsaturated/α-hetero) is 1. The summed E-state index contributed by atoms with van der Waals surface area (Å²) in [6.07, 6.45) is 1.31. The highest BCUT2D eigenvalue weighted by molar-refractivity contribution is 6.30. The van der Waals surface area contributed by atoms with E-state index in [4.69, 9.17) is 5.11 Å². The van der Waals surface area contributed by atoms with Gasteiger partial charge in [-0.25, -0.2) is 0 Å². The van der Waals surface area contributed by atoms with E-state index < -0.39 is 0 Å². The van der Waals surface area contributed by atoms with Gasteiger partial charge in [-0.15, -0.1) is 0 Å². The molecule has 1 aromatic carbocycles. The van der Waals surface area contributed by atoms with E-state index in [1.165, 1.54) is 6.21 Å². The lowest BCUT2D eigenvalue weighted by Gasteiger charge is -1.95. The number of carbonyl (C=O) groups is 1. The summed E-state index contributed by atoms with van der Waals surface area (Å²) in [6.45, 7) is 0.145. The number of benzene rings is 1. The summed E-state index contributed by atoms with van der Waals surface area (Å²) in [5.41, 5.74) is 1.22. The van der Waals surface area contributed by atoms with Gasteiger partial charge in [0.1, 0.15) is 5.76 Å². The number of carbonyl (C=O) groups excluding carboxylic acids is 1. The van der Waals surface area contributed by atoms with E-state index in [-0.39, 0.29) is 30.3 Å². The highest BCUT2D eigenvalue weighted by Crippen LogP contribution is 2.29. The van der Waals surface area contributed by atoms with Crippen molar-refractivity contribution in [3.63, 3.8) is 0 Å². The molecule has 0 unspecified atom stereocenters. The van der Waals surface area contributed by atoms with Crippen molar-refractivity contribution in [3.8, 4) is 0 Å². The number of nitrogens with zero attached hydrogens (tertiary/aromatic N) is 1. The zero-order chi connectivity index (χ0) is 11.5. The lowest BCUT2D eigenvalue weighted by Crippen LogP contribution is -2.00. The van der Waals surface area contributed by atoms with Crippen molar-refractivity contribution in [1.82, 2.24) is 0 Å². The molecule has 1 aliphatic rings. The standard InChI is InChI=1S/C12H11NO3/c14-6-5-13-7-10-11(15)8-3-1-2-4-9(8)12(10)16/h1-4,7,14-15H,5-6H2. The van der Waals surface area contributed by atoms with Crippen LogP contribution in [0, 0.1) is 0 Å². The summed E-state index contributed by atoms with van der Waals surface area (Å²) in [4.78, 5) is 15.7. The third-order valence-corrected chi connectivity index (χ3v) is 2.38. The van der Waals surface area contributed by atoms with E-state index in [1.807, 2.05) is 0 Å². The van der Waals surface area contributed by atoms with Crippen molar-refractivity contribution >= 4 is 17.8 Å². The van der Waals surface area contributed by atoms with Gasteiger partial charge in [0.2, 0.25) is 0 Å². The first-order chi connectivity index (χ1) is 7.75. The van der Waals surface area contributed by atoms with Gasteiger partial charge in [0.15, 0.2) is 5.78 Å². The predicted octanol–water partition coefficient (Wildman–Crippen LogP) is 1.22. The molecule has 2 rings (SSSR count). The second kappa shape index (κ2) is 4.28. The molecule has 0 atom stereocenters. The third kappa shape index (κ3) is 1.63. The van der Waals surface area contributed by atoms with Gasteiger partial charge in [-0.1, -0.05) is 24.3 Å². The van der Waals surface area contributed by atoms with Crippen molar-refractivity contribution in [2.24, 2.45) is 4.99 Å². The van der Waals surface area contributed by atoms with Crippen LogP contribution in [0.15, 0.2) is 34.8 Å². The van der Waals surface area contributed by atoms with Crippen molar-refractivity contribution in [1.29, 1.82) is 0 Å². The molecule has 0 saturated carbocycles. The number of hydrogen-bond acceptors (Lipinski definition) is 4. The Morgan fingerprint density at radius 3 is 2.56 bits per heavy atom. The Morgan fingerprint density at radius 1 is 1.25 bits per heavy atom. The number of hydrogen-bond donors (Lipinski definition) is 2. The van der Waals surface area contributed by atoms with Gasteiger partial charge in [-0.05, 0) is 0 Å². The molecule has 0 fully saturated rings. The molecule has 0 aliphatic heterocycles. The zero-order valence-corrected chi connectivity index (χ0v) is 8.55. The quantitative estimate of drug-likeness (QED) is 0.748. The molecule has 0 aromatic heterocycles. The SMILES string of the molecule is O=C1C(C=NCCO)=C(O)c2ccccc21. The monoisotopic (exact) mass is 217 g/mol. The first-order valence-electron chi connectivity index (χ1n) is 4.93. The summed E-state index contributed by atoms with van der Waals surface area (Å²) in [5, 5.41) is 18.4. The maximum atomic E-state index is 11.8. The minimum atomic E-state index is -0.227. The van der Waals surface area contributed by atoms with Gasteiger partial charge in [0.05, 0.1) is 18.7 Å². The number of aliphatic imine (C=N–C) groups is 1. The van der Waals surface area contributed by atoms with E-state index in [2.05, 4.69) is 4.99 Å². The number of ketones is 1. The summed E-state index contributed by atoms with van der Waals surface area (Å²) >= 11 is 0. The van der Waals surface area contributed by atoms with E-state index in [0.717, 1.165) is 0 Å². The molecule has 4 heteroatoms. The lowest BCUT2D eigenvalue weighted by molar-refractivity contribution is 0.104. The van der Waals surface area contributed by atoms with Gasteiger partial charge in [0, 0.05) is 17.3 Å². The summed E-state index contributed by atoms with van der Waals surface area (Å²) in [6, 6.07) is 6.87. The van der Waals surface area contributed by atoms with E-state index in [1.54, 1.807) is 24.3 Å². The van der Waals surface area contributed by atoms with Gasteiger partial charge >= 0.3 is 0 Å². The molecule has 2 N–H and O–H groups in total. The molecular weight excluding hydrogens is 206 g/mol. The highest BCUT2D eigenvalue weighted by atomic mass is 16.3. The summed E-state index contributed by atoms with van der Waals surface area (Å²) in [7, 11) is 0. The Labute approximate surface area is 92.6 Å². The molecule has 0 spiro atoms. The molecule has 0 radical (unpaired) electrons. The van der Waals surface area contributed by atoms with Crippen molar-refractivity contribution in [2.45, 2.75) is 0 Å². The second-order valence-corrected chi connectivity index (χ2v) is 3.40. The first kappa shape index (κ1) is 10.6. The maximum absolute atomic E-state index is 11.8. The molecule has 0 saturated heterocycles. The van der Waals surface area contributed by atoms with Crippen LogP contribution in [0.5, 0.6) is 0 Å². The van der Waals surface area contributed by atoms with E-state index in [9.17, 15) is 9.90 Å². The largest absolute Gasteiger partial charge is 0.506 e. The lowest BCUT2D eigenvalue weighted by atomic mass is 10.1. The average Bonchev–Trinajstić information content (AvgIpc) is 2.55. The number of fused-ring (bicyclic) bond motifs is 1. The topological polar surface area (TPSA) is 69.9 Å². The Bertz CT molecular complexity index is 489. The number of allylic oxidation sites excluding steroid dienone is 1. The Balaban J connectivity index is 2.37. The Hall–Kier alpha value is -1.94. The summed E-state index contributed by atoms with van der Waals surface area (Å²) in [5.74, 6) is -0.267. The molecule has 0 bridgehead atoms. The molecule has 16 heavy (non-hydrogen) atoms.